The summed E-state index contributed by atoms with van der Waals surface area (Å²) in [5.41, 5.74) is 2.10. The topological polar surface area (TPSA) is 32.7 Å². The van der Waals surface area contributed by atoms with E-state index >= 15 is 0 Å². The highest BCUT2D eigenvalue weighted by Crippen LogP contribution is 2.29. The van der Waals surface area contributed by atoms with E-state index in [1.54, 1.807) is 19.9 Å². The number of halogens is 1. The molecule has 0 fully saturated rings. The number of anilines is 1. The van der Waals surface area contributed by atoms with Crippen molar-refractivity contribution >= 4 is 5.69 Å². The number of nitrogens with zero attached hydrogens (tertiary/aromatic N) is 1. The maximum absolute atomic E-state index is 13.6. The van der Waals surface area contributed by atoms with Crippen molar-refractivity contribution in [1.82, 2.24) is 0 Å². The molecule has 108 valence electrons. The average Bonchev–Trinajstić information content (AvgIpc) is 2.37. The Morgan fingerprint density at radius 2 is 2.05 bits per heavy atom. The van der Waals surface area contributed by atoms with Gasteiger partial charge >= 0.3 is 0 Å². The first kappa shape index (κ1) is 15.9. The predicted molar refractivity (Wildman–Crippen MR) is 76.2 cm³/mol. The molecule has 0 amide bonds. The normalized spacial score (nSPS) is 12.5. The van der Waals surface area contributed by atoms with Crippen LogP contribution in [0.1, 0.15) is 38.0 Å². The first-order chi connectivity index (χ1) is 9.01. The van der Waals surface area contributed by atoms with Gasteiger partial charge in [-0.3, -0.25) is 0 Å². The molecule has 1 rings (SSSR count). The molecule has 0 spiro atoms. The number of ether oxygens (including phenoxy) is 1. The molecule has 1 aromatic carbocycles. The quantitative estimate of drug-likeness (QED) is 0.772. The van der Waals surface area contributed by atoms with Gasteiger partial charge in [0.05, 0.1) is 12.7 Å². The third-order valence-electron chi connectivity index (χ3n) is 3.19. The molecule has 0 saturated heterocycles. The first-order valence-corrected chi connectivity index (χ1v) is 6.82. The summed E-state index contributed by atoms with van der Waals surface area (Å²) in [4.78, 5) is 2.10. The van der Waals surface area contributed by atoms with Crippen LogP contribution in [0.2, 0.25) is 0 Å². The van der Waals surface area contributed by atoms with Crippen molar-refractivity contribution in [2.75, 3.05) is 31.2 Å². The van der Waals surface area contributed by atoms with Gasteiger partial charge in [-0.15, -0.1) is 0 Å². The van der Waals surface area contributed by atoms with Gasteiger partial charge in [0.1, 0.15) is 5.82 Å². The number of hydrogen-bond donors (Lipinski definition) is 1. The lowest BCUT2D eigenvalue weighted by Gasteiger charge is -2.27. The molecule has 0 aliphatic carbocycles. The van der Waals surface area contributed by atoms with Crippen LogP contribution >= 0.6 is 0 Å². The van der Waals surface area contributed by atoms with E-state index in [-0.39, 0.29) is 5.82 Å². The van der Waals surface area contributed by atoms with Crippen LogP contribution in [0.4, 0.5) is 10.1 Å². The summed E-state index contributed by atoms with van der Waals surface area (Å²) in [5.74, 6) is -0.277. The van der Waals surface area contributed by atoms with E-state index in [1.165, 1.54) is 6.07 Å². The highest BCUT2D eigenvalue weighted by molar-refractivity contribution is 5.56. The fraction of sp³-hybridized carbons (Fsp3) is 0.600. The summed E-state index contributed by atoms with van der Waals surface area (Å²) in [5, 5.41) is 9.81. The van der Waals surface area contributed by atoms with Gasteiger partial charge in [0.15, 0.2) is 0 Å². The molecule has 19 heavy (non-hydrogen) atoms. The zero-order valence-electron chi connectivity index (χ0n) is 12.2. The van der Waals surface area contributed by atoms with Crippen molar-refractivity contribution in [2.45, 2.75) is 33.8 Å². The van der Waals surface area contributed by atoms with Crippen molar-refractivity contribution < 1.29 is 14.2 Å². The van der Waals surface area contributed by atoms with Gasteiger partial charge < -0.3 is 14.7 Å². The second kappa shape index (κ2) is 7.46. The van der Waals surface area contributed by atoms with Crippen molar-refractivity contribution in [3.05, 3.63) is 29.1 Å². The fourth-order valence-corrected chi connectivity index (χ4v) is 2.06. The van der Waals surface area contributed by atoms with E-state index in [9.17, 15) is 9.50 Å². The number of likely N-dealkylation sites (N-methyl/N-ethyl adjacent to an activating group) is 1. The van der Waals surface area contributed by atoms with E-state index in [0.717, 1.165) is 18.8 Å². The van der Waals surface area contributed by atoms with E-state index < -0.39 is 6.10 Å². The number of aliphatic hydroxyl groups excluding tert-OH is 1. The van der Waals surface area contributed by atoms with Gasteiger partial charge in [-0.1, -0.05) is 0 Å². The molecule has 1 atom stereocenters. The van der Waals surface area contributed by atoms with Crippen LogP contribution in [0.15, 0.2) is 12.1 Å². The van der Waals surface area contributed by atoms with Crippen molar-refractivity contribution in [1.29, 1.82) is 0 Å². The minimum atomic E-state index is -0.689. The van der Waals surface area contributed by atoms with E-state index in [2.05, 4.69) is 4.90 Å². The third-order valence-corrected chi connectivity index (χ3v) is 3.19. The molecule has 0 unspecified atom stereocenters. The van der Waals surface area contributed by atoms with Crippen LogP contribution < -0.4 is 4.90 Å². The number of aliphatic hydroxyl groups is 1. The summed E-state index contributed by atoms with van der Waals surface area (Å²) in [6.07, 6.45) is -0.689. The lowest BCUT2D eigenvalue weighted by atomic mass is 10.0. The van der Waals surface area contributed by atoms with Crippen LogP contribution in [-0.4, -0.2) is 31.4 Å². The lowest BCUT2D eigenvalue weighted by Crippen LogP contribution is -2.28. The maximum Gasteiger partial charge on any atom is 0.126 e. The van der Waals surface area contributed by atoms with Crippen LogP contribution in [0, 0.1) is 12.7 Å². The minimum absolute atomic E-state index is 0.277. The van der Waals surface area contributed by atoms with Gasteiger partial charge in [-0.25, -0.2) is 4.39 Å². The smallest absolute Gasteiger partial charge is 0.126 e. The number of aryl methyl sites for hydroxylation is 1. The Hall–Kier alpha value is -1.13. The second-order valence-corrected chi connectivity index (χ2v) is 4.61. The van der Waals surface area contributed by atoms with Crippen LogP contribution in [0.25, 0.3) is 0 Å². The Bertz CT molecular complexity index is 407. The van der Waals surface area contributed by atoms with Crippen molar-refractivity contribution in [2.24, 2.45) is 0 Å². The van der Waals surface area contributed by atoms with Crippen LogP contribution in [0.3, 0.4) is 0 Å². The van der Waals surface area contributed by atoms with Gasteiger partial charge in [0.25, 0.3) is 0 Å². The largest absolute Gasteiger partial charge is 0.389 e. The molecule has 1 aromatic rings. The summed E-state index contributed by atoms with van der Waals surface area (Å²) in [6, 6.07) is 3.23. The zero-order valence-corrected chi connectivity index (χ0v) is 12.2. The molecule has 1 N–H and O–H groups in total. The van der Waals surface area contributed by atoms with E-state index in [1.807, 2.05) is 13.8 Å². The van der Waals surface area contributed by atoms with Gasteiger partial charge in [0, 0.05) is 30.9 Å². The first-order valence-electron chi connectivity index (χ1n) is 6.82. The zero-order chi connectivity index (χ0) is 14.4. The molecular weight excluding hydrogens is 245 g/mol. The van der Waals surface area contributed by atoms with Gasteiger partial charge in [-0.2, -0.15) is 0 Å². The Morgan fingerprint density at radius 3 is 2.58 bits per heavy atom. The lowest BCUT2D eigenvalue weighted by molar-refractivity contribution is 0.153. The number of benzene rings is 1. The molecule has 0 aliphatic heterocycles. The highest BCUT2D eigenvalue weighted by atomic mass is 19.1. The summed E-state index contributed by atoms with van der Waals surface area (Å²) in [6.45, 7) is 10.2. The molecule has 0 heterocycles. The van der Waals surface area contributed by atoms with Crippen LogP contribution in [-0.2, 0) is 4.74 Å². The molecular formula is C15H24FNO2. The van der Waals surface area contributed by atoms with E-state index in [0.29, 0.717) is 24.3 Å². The molecule has 0 saturated carbocycles. The van der Waals surface area contributed by atoms with Crippen molar-refractivity contribution in [3.63, 3.8) is 0 Å². The Labute approximate surface area is 115 Å². The Kier molecular flexibility index (Phi) is 6.25. The highest BCUT2D eigenvalue weighted by Gasteiger charge is 2.16. The monoisotopic (exact) mass is 269 g/mol. The SMILES string of the molecule is CCOCCN(CC)c1cc(C)c(F)cc1[C@H](C)O. The van der Waals surface area contributed by atoms with E-state index in [4.69, 9.17) is 4.74 Å². The molecule has 3 nitrogen and oxygen atoms in total. The predicted octanol–water partition coefficient (Wildman–Crippen LogP) is 3.05. The van der Waals surface area contributed by atoms with Crippen LogP contribution in [0.5, 0.6) is 0 Å². The molecule has 0 bridgehead atoms. The Balaban J connectivity index is 3.03. The molecule has 0 radical (unpaired) electrons. The third kappa shape index (κ3) is 4.18. The van der Waals surface area contributed by atoms with Crippen molar-refractivity contribution in [3.8, 4) is 0 Å². The fourth-order valence-electron chi connectivity index (χ4n) is 2.06. The van der Waals surface area contributed by atoms with Gasteiger partial charge in [-0.05, 0) is 45.4 Å². The Morgan fingerprint density at radius 1 is 1.37 bits per heavy atom. The maximum atomic E-state index is 13.6. The molecule has 0 aromatic heterocycles. The van der Waals surface area contributed by atoms with Gasteiger partial charge in [0.2, 0.25) is 0 Å². The average molecular weight is 269 g/mol. The second-order valence-electron chi connectivity index (χ2n) is 4.61. The summed E-state index contributed by atoms with van der Waals surface area (Å²) in [7, 11) is 0. The minimum Gasteiger partial charge on any atom is -0.389 e. The number of hydrogen-bond acceptors (Lipinski definition) is 3. The number of rotatable bonds is 7. The summed E-state index contributed by atoms with van der Waals surface area (Å²) >= 11 is 0. The molecule has 0 aliphatic rings. The summed E-state index contributed by atoms with van der Waals surface area (Å²) < 4.78 is 19.0. The molecule has 4 heteroatoms. The standard InChI is InChI=1S/C15H24FNO2/c1-5-17(7-8-19-6-2)15-9-11(3)14(16)10-13(15)12(4)18/h9-10,12,18H,5-8H2,1-4H3/t12-/m0/s1.